The predicted octanol–water partition coefficient (Wildman–Crippen LogP) is 3.22. The molecule has 2 N–H and O–H groups in total. The van der Waals surface area contributed by atoms with E-state index in [2.05, 4.69) is 0 Å². The smallest absolute Gasteiger partial charge is 0.131 e. The molecule has 0 aliphatic rings. The maximum Gasteiger partial charge on any atom is 0.131 e. The van der Waals surface area contributed by atoms with Crippen LogP contribution in [0.3, 0.4) is 0 Å². The summed E-state index contributed by atoms with van der Waals surface area (Å²) in [6.45, 7) is 0. The van der Waals surface area contributed by atoms with Gasteiger partial charge in [0.05, 0.1) is 7.11 Å². The SMILES string of the molecule is COc1ccc(C(N)Cc2ccc(F)cc2)c(F)c1. The van der Waals surface area contributed by atoms with Gasteiger partial charge in [0, 0.05) is 17.7 Å². The molecule has 0 amide bonds. The fourth-order valence-corrected chi connectivity index (χ4v) is 1.92. The molecular weight excluding hydrogens is 248 g/mol. The lowest BCUT2D eigenvalue weighted by atomic mass is 9.99. The van der Waals surface area contributed by atoms with Crippen molar-refractivity contribution in [3.8, 4) is 5.75 Å². The first-order chi connectivity index (χ1) is 9.10. The molecule has 0 spiro atoms. The predicted molar refractivity (Wildman–Crippen MR) is 70.0 cm³/mol. The number of ether oxygens (including phenoxy) is 1. The van der Waals surface area contributed by atoms with Crippen LogP contribution in [0.25, 0.3) is 0 Å². The highest BCUT2D eigenvalue weighted by molar-refractivity contribution is 5.32. The van der Waals surface area contributed by atoms with Crippen molar-refractivity contribution >= 4 is 0 Å². The molecule has 2 aromatic carbocycles. The summed E-state index contributed by atoms with van der Waals surface area (Å²) in [7, 11) is 1.48. The van der Waals surface area contributed by atoms with E-state index in [0.29, 0.717) is 17.7 Å². The van der Waals surface area contributed by atoms with Crippen molar-refractivity contribution in [2.45, 2.75) is 12.5 Å². The minimum atomic E-state index is -0.476. The number of nitrogens with two attached hydrogens (primary N) is 1. The topological polar surface area (TPSA) is 35.2 Å². The lowest BCUT2D eigenvalue weighted by Gasteiger charge is -2.14. The highest BCUT2D eigenvalue weighted by atomic mass is 19.1. The molecule has 0 aliphatic carbocycles. The minimum absolute atomic E-state index is 0.298. The van der Waals surface area contributed by atoms with Gasteiger partial charge in [0.2, 0.25) is 0 Å². The molecule has 0 heterocycles. The first-order valence-corrected chi connectivity index (χ1v) is 5.93. The van der Waals surface area contributed by atoms with E-state index < -0.39 is 11.9 Å². The zero-order chi connectivity index (χ0) is 13.8. The quantitative estimate of drug-likeness (QED) is 0.919. The monoisotopic (exact) mass is 263 g/mol. The van der Waals surface area contributed by atoms with E-state index in [-0.39, 0.29) is 5.82 Å². The summed E-state index contributed by atoms with van der Waals surface area (Å²) >= 11 is 0. The van der Waals surface area contributed by atoms with Crippen LogP contribution in [-0.2, 0) is 6.42 Å². The average Bonchev–Trinajstić information content (AvgIpc) is 2.41. The maximum absolute atomic E-state index is 13.8. The van der Waals surface area contributed by atoms with Gasteiger partial charge >= 0.3 is 0 Å². The highest BCUT2D eigenvalue weighted by Gasteiger charge is 2.13. The second-order valence-electron chi connectivity index (χ2n) is 4.32. The molecule has 1 unspecified atom stereocenters. The Labute approximate surface area is 110 Å². The van der Waals surface area contributed by atoms with E-state index in [0.717, 1.165) is 5.56 Å². The van der Waals surface area contributed by atoms with Crippen molar-refractivity contribution in [2.24, 2.45) is 5.73 Å². The third kappa shape index (κ3) is 3.29. The minimum Gasteiger partial charge on any atom is -0.497 e. The normalized spacial score (nSPS) is 12.2. The Morgan fingerprint density at radius 2 is 1.79 bits per heavy atom. The van der Waals surface area contributed by atoms with E-state index in [1.165, 1.54) is 25.3 Å². The van der Waals surface area contributed by atoms with Gasteiger partial charge in [0.15, 0.2) is 0 Å². The van der Waals surface area contributed by atoms with Crippen LogP contribution in [0.5, 0.6) is 5.75 Å². The number of halogens is 2. The van der Waals surface area contributed by atoms with Crippen LogP contribution in [0.4, 0.5) is 8.78 Å². The van der Waals surface area contributed by atoms with Crippen molar-refractivity contribution in [1.29, 1.82) is 0 Å². The molecule has 4 heteroatoms. The Balaban J connectivity index is 2.15. The average molecular weight is 263 g/mol. The molecule has 0 saturated carbocycles. The van der Waals surface area contributed by atoms with Gasteiger partial charge in [-0.15, -0.1) is 0 Å². The molecule has 1 atom stereocenters. The molecule has 0 bridgehead atoms. The van der Waals surface area contributed by atoms with Gasteiger partial charge in [0.1, 0.15) is 17.4 Å². The number of hydrogen-bond acceptors (Lipinski definition) is 2. The van der Waals surface area contributed by atoms with Gasteiger partial charge in [-0.25, -0.2) is 8.78 Å². The van der Waals surface area contributed by atoms with Gasteiger partial charge in [0.25, 0.3) is 0 Å². The summed E-state index contributed by atoms with van der Waals surface area (Å²) in [5.74, 6) is -0.239. The molecular formula is C15H15F2NO. The van der Waals surface area contributed by atoms with Gasteiger partial charge in [-0.2, -0.15) is 0 Å². The molecule has 0 aromatic heterocycles. The van der Waals surface area contributed by atoms with Crippen LogP contribution in [0.15, 0.2) is 42.5 Å². The van der Waals surface area contributed by atoms with Crippen LogP contribution >= 0.6 is 0 Å². The van der Waals surface area contributed by atoms with Crippen LogP contribution in [0.1, 0.15) is 17.2 Å². The van der Waals surface area contributed by atoms with Crippen molar-refractivity contribution in [3.05, 3.63) is 65.2 Å². The van der Waals surface area contributed by atoms with E-state index >= 15 is 0 Å². The Kier molecular flexibility index (Phi) is 4.12. The molecule has 2 nitrogen and oxygen atoms in total. The number of methoxy groups -OCH3 is 1. The lowest BCUT2D eigenvalue weighted by Crippen LogP contribution is -2.15. The Hall–Kier alpha value is -1.94. The Morgan fingerprint density at radius 1 is 1.11 bits per heavy atom. The van der Waals surface area contributed by atoms with Crippen molar-refractivity contribution in [3.63, 3.8) is 0 Å². The van der Waals surface area contributed by atoms with E-state index in [9.17, 15) is 8.78 Å². The maximum atomic E-state index is 13.8. The molecule has 2 rings (SSSR count). The standard InChI is InChI=1S/C15H15F2NO/c1-19-12-6-7-13(14(17)9-12)15(18)8-10-2-4-11(16)5-3-10/h2-7,9,15H,8,18H2,1H3. The summed E-state index contributed by atoms with van der Waals surface area (Å²) in [5, 5.41) is 0. The van der Waals surface area contributed by atoms with Crippen LogP contribution in [0, 0.1) is 11.6 Å². The fraction of sp³-hybridized carbons (Fsp3) is 0.200. The van der Waals surface area contributed by atoms with E-state index in [1.807, 2.05) is 0 Å². The lowest BCUT2D eigenvalue weighted by molar-refractivity contribution is 0.410. The first kappa shape index (κ1) is 13.5. The Morgan fingerprint density at radius 3 is 2.37 bits per heavy atom. The summed E-state index contributed by atoms with van der Waals surface area (Å²) in [4.78, 5) is 0. The number of hydrogen-bond donors (Lipinski definition) is 1. The first-order valence-electron chi connectivity index (χ1n) is 5.93. The van der Waals surface area contributed by atoms with E-state index in [1.54, 1.807) is 24.3 Å². The summed E-state index contributed by atoms with van der Waals surface area (Å²) in [5.41, 5.74) is 7.27. The highest BCUT2D eigenvalue weighted by Crippen LogP contribution is 2.23. The van der Waals surface area contributed by atoms with Crippen molar-refractivity contribution in [1.82, 2.24) is 0 Å². The summed E-state index contributed by atoms with van der Waals surface area (Å²) in [6.07, 6.45) is 0.448. The molecule has 0 saturated heterocycles. The third-order valence-electron chi connectivity index (χ3n) is 2.98. The summed E-state index contributed by atoms with van der Waals surface area (Å²) < 4.78 is 31.6. The van der Waals surface area contributed by atoms with Gasteiger partial charge in [-0.3, -0.25) is 0 Å². The van der Waals surface area contributed by atoms with Gasteiger partial charge in [-0.1, -0.05) is 18.2 Å². The van der Waals surface area contributed by atoms with Crippen molar-refractivity contribution in [2.75, 3.05) is 7.11 Å². The third-order valence-corrected chi connectivity index (χ3v) is 2.98. The fourth-order valence-electron chi connectivity index (χ4n) is 1.92. The molecule has 0 radical (unpaired) electrons. The second kappa shape index (κ2) is 5.80. The van der Waals surface area contributed by atoms with E-state index in [4.69, 9.17) is 10.5 Å². The zero-order valence-electron chi connectivity index (χ0n) is 10.6. The molecule has 19 heavy (non-hydrogen) atoms. The van der Waals surface area contributed by atoms with Crippen LogP contribution in [0.2, 0.25) is 0 Å². The zero-order valence-corrected chi connectivity index (χ0v) is 10.6. The van der Waals surface area contributed by atoms with Gasteiger partial charge in [-0.05, 0) is 30.2 Å². The van der Waals surface area contributed by atoms with Crippen LogP contribution < -0.4 is 10.5 Å². The number of benzene rings is 2. The van der Waals surface area contributed by atoms with Crippen LogP contribution in [-0.4, -0.2) is 7.11 Å². The molecule has 2 aromatic rings. The summed E-state index contributed by atoms with van der Waals surface area (Å²) in [6, 6.07) is 10.1. The van der Waals surface area contributed by atoms with Gasteiger partial charge < -0.3 is 10.5 Å². The second-order valence-corrected chi connectivity index (χ2v) is 4.32. The largest absolute Gasteiger partial charge is 0.497 e. The number of rotatable bonds is 4. The molecule has 100 valence electrons. The molecule has 0 aliphatic heterocycles. The molecule has 0 fully saturated rings. The van der Waals surface area contributed by atoms with Crippen molar-refractivity contribution < 1.29 is 13.5 Å². The Bertz CT molecular complexity index is 555.